The molecule has 0 aliphatic carbocycles. The maximum Gasteiger partial charge on any atom is 0.380 e. The Morgan fingerprint density at radius 1 is 0.776 bits per heavy atom. The Labute approximate surface area is 352 Å². The zero-order chi connectivity index (χ0) is 40.3. The van der Waals surface area contributed by atoms with Crippen LogP contribution < -0.4 is 30.0 Å². The van der Waals surface area contributed by atoms with Crippen molar-refractivity contribution in [3.63, 3.8) is 0 Å². The van der Waals surface area contributed by atoms with E-state index in [-0.39, 0.29) is 32.0 Å². The Morgan fingerprint density at radius 2 is 1.29 bits per heavy atom. The van der Waals surface area contributed by atoms with Crippen LogP contribution in [0.15, 0.2) is 52.9 Å². The molecule has 1 amide bonds. The average Bonchev–Trinajstić information content (AvgIpc) is 4.01. The van der Waals surface area contributed by atoms with Gasteiger partial charge in [-0.15, -0.1) is 0 Å². The van der Waals surface area contributed by atoms with E-state index in [1.807, 2.05) is 4.90 Å². The fourth-order valence-corrected chi connectivity index (χ4v) is 8.18. The molecule has 4 aliphatic heterocycles. The lowest BCUT2D eigenvalue weighted by molar-refractivity contribution is -0.151. The molecule has 17 heteroatoms. The van der Waals surface area contributed by atoms with Crippen molar-refractivity contribution in [2.75, 3.05) is 65.7 Å². The van der Waals surface area contributed by atoms with Gasteiger partial charge in [0.1, 0.15) is 38.1 Å². The summed E-state index contributed by atoms with van der Waals surface area (Å²) in [6.45, 7) is 6.08. The number of hydrogen-bond acceptors (Lipinski definition) is 11. The molecule has 12 nitrogen and oxygen atoms in total. The topological polar surface area (TPSA) is 152 Å². The highest BCUT2D eigenvalue weighted by Gasteiger charge is 2.46. The van der Waals surface area contributed by atoms with Crippen molar-refractivity contribution in [2.45, 2.75) is 63.3 Å². The molecular weight excluding hydrogens is 821 g/mol. The van der Waals surface area contributed by atoms with E-state index >= 15 is 8.78 Å². The van der Waals surface area contributed by atoms with Gasteiger partial charge in [0.05, 0.1) is 22.2 Å². The standard InChI is InChI=1S/C25H24Cl2F2N2O5.C15H21ClN2O3.CH4.H2/c26-16-3-4-19-14(9-16)12-21(36-19)25(28,29)24(33)30-18(13-31-5-1-2-6-31)22(32)15-10-17(27)23-20(11-15)34-7-8-35-23;16-11-7-10(8-13-15(11)21-6-5-20-13)14(19)12(17)9-18-3-1-2-4-18;;/h3-4,9-12,18,22,32H,1-2,5-8,13H2,(H,30,33);7-8,12,14,19H,1-6,9,17H2;1H4;1H/t18-,22-;12-,14-;;/m11../s1/i;;;1+1. The predicted molar refractivity (Wildman–Crippen MR) is 220 cm³/mol. The van der Waals surface area contributed by atoms with Crippen molar-refractivity contribution in [2.24, 2.45) is 5.73 Å². The van der Waals surface area contributed by atoms with Gasteiger partial charge in [-0.1, -0.05) is 42.2 Å². The molecule has 4 aromatic rings. The second-order valence-electron chi connectivity index (χ2n) is 14.6. The second-order valence-corrected chi connectivity index (χ2v) is 15.8. The number of likely N-dealkylation sites (tertiary alicyclic amines) is 2. The molecule has 0 spiro atoms. The van der Waals surface area contributed by atoms with E-state index in [4.69, 9.17) is 63.9 Å². The third-order valence-electron chi connectivity index (χ3n) is 10.4. The van der Waals surface area contributed by atoms with Crippen molar-refractivity contribution < 1.29 is 48.6 Å². The number of fused-ring (bicyclic) bond motifs is 3. The lowest BCUT2D eigenvalue weighted by Crippen LogP contribution is -2.50. The fraction of sp³-hybridized carbons (Fsp3) is 0.488. The van der Waals surface area contributed by atoms with E-state index in [2.05, 4.69) is 10.2 Å². The van der Waals surface area contributed by atoms with Crippen molar-refractivity contribution in [3.05, 3.63) is 80.5 Å². The van der Waals surface area contributed by atoms with E-state index in [1.165, 1.54) is 37.1 Å². The highest BCUT2D eigenvalue weighted by atomic mass is 35.5. The molecule has 0 unspecified atom stereocenters. The van der Waals surface area contributed by atoms with E-state index in [1.54, 1.807) is 18.2 Å². The average molecular weight is 873 g/mol. The summed E-state index contributed by atoms with van der Waals surface area (Å²) in [7, 11) is 0. The highest BCUT2D eigenvalue weighted by Crippen LogP contribution is 2.42. The number of aliphatic hydroxyl groups is 2. The number of nitrogens with one attached hydrogen (secondary N) is 1. The molecule has 0 saturated carbocycles. The zero-order valence-corrected chi connectivity index (χ0v) is 33.3. The first-order chi connectivity index (χ1) is 27.4. The van der Waals surface area contributed by atoms with Gasteiger partial charge in [-0.05, 0) is 112 Å². The maximum atomic E-state index is 15.2. The Balaban J connectivity index is 0.000000246. The van der Waals surface area contributed by atoms with Gasteiger partial charge in [-0.25, -0.2) is 0 Å². The first-order valence-corrected chi connectivity index (χ1v) is 20.1. The molecule has 0 bridgehead atoms. The third-order valence-corrected chi connectivity index (χ3v) is 11.2. The number of furan rings is 1. The highest BCUT2D eigenvalue weighted by molar-refractivity contribution is 6.32. The minimum atomic E-state index is -3.99. The van der Waals surface area contributed by atoms with Crippen molar-refractivity contribution in [3.8, 4) is 23.0 Å². The molecule has 0 radical (unpaired) electrons. The first-order valence-electron chi connectivity index (χ1n) is 19.0. The van der Waals surface area contributed by atoms with Crippen molar-refractivity contribution in [1.29, 1.82) is 0 Å². The number of nitrogens with two attached hydrogens (primary N) is 1. The number of carbonyl (C=O) groups excluding carboxylic acids is 1. The number of alkyl halides is 2. The summed E-state index contributed by atoms with van der Waals surface area (Å²) in [6.07, 6.45) is 2.21. The number of halogens is 5. The lowest BCUT2D eigenvalue weighted by atomic mass is 10.00. The van der Waals surface area contributed by atoms with Gasteiger partial charge in [0.2, 0.25) is 0 Å². The van der Waals surface area contributed by atoms with Crippen LogP contribution in [0.1, 0.15) is 63.6 Å². The molecule has 8 rings (SSSR count). The number of amides is 1. The number of benzene rings is 3. The third kappa shape index (κ3) is 10.0. The Bertz CT molecular complexity index is 2050. The summed E-state index contributed by atoms with van der Waals surface area (Å²) in [5.41, 5.74) is 7.32. The number of hydrogen-bond donors (Lipinski definition) is 4. The van der Waals surface area contributed by atoms with Gasteiger partial charge in [0.25, 0.3) is 5.91 Å². The van der Waals surface area contributed by atoms with E-state index in [0.717, 1.165) is 45.1 Å². The summed E-state index contributed by atoms with van der Waals surface area (Å²) in [5.74, 6) is -4.55. The van der Waals surface area contributed by atoms with Crippen LogP contribution in [0.4, 0.5) is 8.78 Å². The monoisotopic (exact) mass is 871 g/mol. The van der Waals surface area contributed by atoms with E-state index in [0.29, 0.717) is 82.5 Å². The summed E-state index contributed by atoms with van der Waals surface area (Å²) >= 11 is 18.5. The molecule has 2 fully saturated rings. The van der Waals surface area contributed by atoms with Crippen LogP contribution in [-0.4, -0.2) is 104 Å². The van der Waals surface area contributed by atoms with Crippen LogP contribution in [0.5, 0.6) is 23.0 Å². The van der Waals surface area contributed by atoms with Gasteiger partial charge >= 0.3 is 5.92 Å². The normalized spacial score (nSPS) is 18.8. The molecule has 2 saturated heterocycles. The zero-order valence-electron chi connectivity index (χ0n) is 31.0. The molecule has 3 aromatic carbocycles. The van der Waals surface area contributed by atoms with Crippen LogP contribution in [-0.2, 0) is 10.7 Å². The molecule has 5 N–H and O–H groups in total. The Kier molecular flexibility index (Phi) is 14.5. The molecule has 318 valence electrons. The number of ether oxygens (including phenoxy) is 4. The van der Waals surface area contributed by atoms with Gasteiger partial charge in [-0.2, -0.15) is 8.78 Å². The van der Waals surface area contributed by atoms with Crippen molar-refractivity contribution >= 4 is 51.7 Å². The summed E-state index contributed by atoms with van der Waals surface area (Å²) in [6, 6.07) is 10.7. The van der Waals surface area contributed by atoms with Crippen LogP contribution in [0, 0.1) is 0 Å². The van der Waals surface area contributed by atoms with Gasteiger partial charge in [-0.3, -0.25) is 4.79 Å². The van der Waals surface area contributed by atoms with Crippen LogP contribution in [0.2, 0.25) is 15.1 Å². The summed E-state index contributed by atoms with van der Waals surface area (Å²) in [4.78, 5) is 17.2. The predicted octanol–water partition coefficient (Wildman–Crippen LogP) is 7.37. The first kappa shape index (κ1) is 44.0. The molecule has 4 aliphatic rings. The Morgan fingerprint density at radius 3 is 1.86 bits per heavy atom. The van der Waals surface area contributed by atoms with Crippen molar-refractivity contribution in [1.82, 2.24) is 15.1 Å². The number of nitrogens with zero attached hydrogens (tertiary/aromatic N) is 2. The van der Waals surface area contributed by atoms with Gasteiger partial charge in [0.15, 0.2) is 28.8 Å². The molecule has 1 aromatic heterocycles. The quantitative estimate of drug-likeness (QED) is 0.120. The van der Waals surface area contributed by atoms with Gasteiger partial charge in [0, 0.05) is 31.0 Å². The van der Waals surface area contributed by atoms with Crippen LogP contribution in [0.25, 0.3) is 11.0 Å². The SMILES string of the molecule is C.N[C@H](CN1CCCC1)[C@H](O)c1cc(Cl)c2c(c1)OCCO2.O=C(N[C@H](CN1CCCC1)[C@H](O)c1cc(Cl)c2c(c1)OCCO2)C(F)(F)c1cc2cc(Cl)ccc2o1.[2HH]. The molecule has 5 heterocycles. The van der Waals surface area contributed by atoms with Crippen LogP contribution in [0.3, 0.4) is 0 Å². The van der Waals surface area contributed by atoms with Gasteiger partial charge < -0.3 is 54.4 Å². The number of rotatable bonds is 11. The Hall–Kier alpha value is -3.60. The summed E-state index contributed by atoms with van der Waals surface area (Å²) in [5, 5.41) is 25.4. The molecular formula is C41H51Cl3F2N4O8. The number of carbonyl (C=O) groups is 1. The number of aliphatic hydroxyl groups excluding tert-OH is 2. The largest absolute Gasteiger partial charge is 0.486 e. The molecule has 58 heavy (non-hydrogen) atoms. The molecule has 4 atom stereocenters. The van der Waals surface area contributed by atoms with E-state index in [9.17, 15) is 15.0 Å². The fourth-order valence-electron chi connectivity index (χ4n) is 7.45. The lowest BCUT2D eigenvalue weighted by Gasteiger charge is -2.30. The minimum absolute atomic E-state index is 0. The van der Waals surface area contributed by atoms with E-state index < -0.39 is 35.8 Å². The minimum Gasteiger partial charge on any atom is -0.486 e. The smallest absolute Gasteiger partial charge is 0.380 e. The summed E-state index contributed by atoms with van der Waals surface area (Å²) < 4.78 is 57.8. The van der Waals surface area contributed by atoms with Crippen LogP contribution >= 0.6 is 34.8 Å². The maximum absolute atomic E-state index is 15.2. The second kappa shape index (κ2) is 19.2.